The molecule has 2 atom stereocenters. The molecule has 6 heteroatoms. The second-order valence-corrected chi connectivity index (χ2v) is 6.22. The lowest BCUT2D eigenvalue weighted by atomic mass is 9.91. The number of amides is 1. The number of nitrogens with zero attached hydrogens (tertiary/aromatic N) is 1. The number of carbonyl (C=O) groups is 1. The van der Waals surface area contributed by atoms with Crippen LogP contribution in [0.4, 0.5) is 13.2 Å². The number of hydrogen-bond acceptors (Lipinski definition) is 2. The van der Waals surface area contributed by atoms with E-state index in [0.717, 1.165) is 5.56 Å². The predicted octanol–water partition coefficient (Wildman–Crippen LogP) is 3.41. The molecular formula is C16H20F3NO2. The van der Waals surface area contributed by atoms with Gasteiger partial charge in [-0.2, -0.15) is 0 Å². The molecule has 1 aromatic rings. The van der Waals surface area contributed by atoms with E-state index in [0.29, 0.717) is 0 Å². The van der Waals surface area contributed by atoms with Crippen molar-refractivity contribution in [3.63, 3.8) is 0 Å². The van der Waals surface area contributed by atoms with Crippen LogP contribution in [0.15, 0.2) is 24.3 Å². The van der Waals surface area contributed by atoms with Gasteiger partial charge in [-0.25, -0.2) is 13.2 Å². The Hall–Kier alpha value is -1.56. The van der Waals surface area contributed by atoms with Crippen molar-refractivity contribution in [1.82, 2.24) is 4.90 Å². The molecule has 1 aliphatic heterocycles. The molecule has 1 aromatic carbocycles. The van der Waals surface area contributed by atoms with Crippen LogP contribution in [0, 0.1) is 11.2 Å². The summed E-state index contributed by atoms with van der Waals surface area (Å²) < 4.78 is 44.9. The van der Waals surface area contributed by atoms with Gasteiger partial charge in [0.1, 0.15) is 17.3 Å². The van der Waals surface area contributed by atoms with Crippen LogP contribution in [0.3, 0.4) is 0 Å². The molecule has 0 aliphatic carbocycles. The zero-order valence-electron chi connectivity index (χ0n) is 12.9. The summed E-state index contributed by atoms with van der Waals surface area (Å²) in [5.41, 5.74) is -1.01. The number of hydrogen-bond donors (Lipinski definition) is 0. The van der Waals surface area contributed by atoms with Gasteiger partial charge in [0.05, 0.1) is 12.6 Å². The standard InChI is InChI=1S/C16H20F3NO2/c1-10-8-20(15(21)16(2,3)14(18)19)9-13(22-10)11-4-6-12(17)7-5-11/h4-7,10,13-14H,8-9H2,1-3H3. The van der Waals surface area contributed by atoms with Crippen molar-refractivity contribution in [3.8, 4) is 0 Å². The number of rotatable bonds is 3. The van der Waals surface area contributed by atoms with Crippen molar-refractivity contribution in [2.24, 2.45) is 5.41 Å². The average Bonchev–Trinajstić information content (AvgIpc) is 2.46. The molecule has 0 saturated carbocycles. The van der Waals surface area contributed by atoms with E-state index in [1.54, 1.807) is 19.1 Å². The first-order valence-corrected chi connectivity index (χ1v) is 7.20. The van der Waals surface area contributed by atoms with E-state index in [1.807, 2.05) is 0 Å². The lowest BCUT2D eigenvalue weighted by Crippen LogP contribution is -2.52. The summed E-state index contributed by atoms with van der Waals surface area (Å²) in [5, 5.41) is 0. The molecule has 1 heterocycles. The largest absolute Gasteiger partial charge is 0.367 e. The fraction of sp³-hybridized carbons (Fsp3) is 0.562. The maximum Gasteiger partial charge on any atom is 0.252 e. The Bertz CT molecular complexity index is 531. The SMILES string of the molecule is CC1CN(C(=O)C(C)(C)C(F)F)CC(c2ccc(F)cc2)O1. The van der Waals surface area contributed by atoms with Crippen LogP contribution >= 0.6 is 0 Å². The first-order chi connectivity index (χ1) is 10.2. The van der Waals surface area contributed by atoms with Gasteiger partial charge in [0.25, 0.3) is 6.43 Å². The molecular weight excluding hydrogens is 295 g/mol. The lowest BCUT2D eigenvalue weighted by molar-refractivity contribution is -0.161. The molecule has 1 fully saturated rings. The first-order valence-electron chi connectivity index (χ1n) is 7.20. The van der Waals surface area contributed by atoms with Crippen LogP contribution in [0.1, 0.15) is 32.4 Å². The highest BCUT2D eigenvalue weighted by molar-refractivity contribution is 5.82. The van der Waals surface area contributed by atoms with Gasteiger partial charge >= 0.3 is 0 Å². The minimum atomic E-state index is -2.73. The lowest BCUT2D eigenvalue weighted by Gasteiger charge is -2.40. The monoisotopic (exact) mass is 315 g/mol. The Morgan fingerprint density at radius 1 is 1.27 bits per heavy atom. The van der Waals surface area contributed by atoms with Crippen molar-refractivity contribution in [2.45, 2.75) is 39.4 Å². The van der Waals surface area contributed by atoms with Crippen molar-refractivity contribution in [1.29, 1.82) is 0 Å². The second-order valence-electron chi connectivity index (χ2n) is 6.22. The van der Waals surface area contributed by atoms with Crippen molar-refractivity contribution in [2.75, 3.05) is 13.1 Å². The Balaban J connectivity index is 2.17. The van der Waals surface area contributed by atoms with E-state index < -0.39 is 23.9 Å². The quantitative estimate of drug-likeness (QED) is 0.855. The first kappa shape index (κ1) is 16.8. The van der Waals surface area contributed by atoms with Gasteiger partial charge in [-0.15, -0.1) is 0 Å². The molecule has 3 nitrogen and oxygen atoms in total. The van der Waals surface area contributed by atoms with E-state index in [9.17, 15) is 18.0 Å². The van der Waals surface area contributed by atoms with Gasteiger partial charge in [0, 0.05) is 6.54 Å². The zero-order chi connectivity index (χ0) is 16.5. The number of halogens is 3. The summed E-state index contributed by atoms with van der Waals surface area (Å²) in [7, 11) is 0. The molecule has 0 bridgehead atoms. The molecule has 2 rings (SSSR count). The fourth-order valence-corrected chi connectivity index (χ4v) is 2.48. The third kappa shape index (κ3) is 3.43. The molecule has 1 aliphatic rings. The Morgan fingerprint density at radius 3 is 2.41 bits per heavy atom. The fourth-order valence-electron chi connectivity index (χ4n) is 2.48. The third-order valence-electron chi connectivity index (χ3n) is 3.89. The van der Waals surface area contributed by atoms with Gasteiger partial charge in [-0.1, -0.05) is 12.1 Å². The summed E-state index contributed by atoms with van der Waals surface area (Å²) >= 11 is 0. The van der Waals surface area contributed by atoms with Gasteiger partial charge in [0.2, 0.25) is 5.91 Å². The van der Waals surface area contributed by atoms with Gasteiger partial charge < -0.3 is 9.64 Å². The van der Waals surface area contributed by atoms with Crippen LogP contribution < -0.4 is 0 Å². The van der Waals surface area contributed by atoms with E-state index in [1.165, 1.54) is 30.9 Å². The van der Waals surface area contributed by atoms with Gasteiger partial charge in [-0.3, -0.25) is 4.79 Å². The number of alkyl halides is 2. The van der Waals surface area contributed by atoms with Crippen molar-refractivity contribution < 1.29 is 22.7 Å². The smallest absolute Gasteiger partial charge is 0.252 e. The second kappa shape index (κ2) is 6.28. The maximum atomic E-state index is 13.1. The summed E-state index contributed by atoms with van der Waals surface area (Å²) in [4.78, 5) is 13.8. The minimum absolute atomic E-state index is 0.185. The number of carbonyl (C=O) groups excluding carboxylic acids is 1. The van der Waals surface area contributed by atoms with Gasteiger partial charge in [-0.05, 0) is 38.5 Å². The normalized spacial score (nSPS) is 23.0. The molecule has 1 amide bonds. The van der Waals surface area contributed by atoms with Crippen LogP contribution in [0.2, 0.25) is 0 Å². The topological polar surface area (TPSA) is 29.5 Å². The highest BCUT2D eigenvalue weighted by atomic mass is 19.3. The number of ether oxygens (including phenoxy) is 1. The molecule has 22 heavy (non-hydrogen) atoms. The third-order valence-corrected chi connectivity index (χ3v) is 3.89. The highest BCUT2D eigenvalue weighted by Gasteiger charge is 2.42. The zero-order valence-corrected chi connectivity index (χ0v) is 12.9. The van der Waals surface area contributed by atoms with Crippen LogP contribution in [-0.4, -0.2) is 36.4 Å². The van der Waals surface area contributed by atoms with E-state index in [-0.39, 0.29) is 25.0 Å². The average molecular weight is 315 g/mol. The van der Waals surface area contributed by atoms with Crippen molar-refractivity contribution >= 4 is 5.91 Å². The Morgan fingerprint density at radius 2 is 1.86 bits per heavy atom. The molecule has 0 radical (unpaired) electrons. The highest BCUT2D eigenvalue weighted by Crippen LogP contribution is 2.32. The van der Waals surface area contributed by atoms with Crippen molar-refractivity contribution in [3.05, 3.63) is 35.6 Å². The molecule has 0 aromatic heterocycles. The summed E-state index contributed by atoms with van der Waals surface area (Å²) in [6.07, 6.45) is -3.45. The van der Waals surface area contributed by atoms with Crippen LogP contribution in [0.25, 0.3) is 0 Å². The number of benzene rings is 1. The van der Waals surface area contributed by atoms with Crippen LogP contribution in [0.5, 0.6) is 0 Å². The summed E-state index contributed by atoms with van der Waals surface area (Å²) in [5.74, 6) is -0.955. The Kier molecular flexibility index (Phi) is 4.80. The van der Waals surface area contributed by atoms with E-state index in [2.05, 4.69) is 0 Å². The predicted molar refractivity (Wildman–Crippen MR) is 76.1 cm³/mol. The van der Waals surface area contributed by atoms with E-state index >= 15 is 0 Å². The van der Waals surface area contributed by atoms with E-state index in [4.69, 9.17) is 4.74 Å². The maximum absolute atomic E-state index is 13.1. The summed E-state index contributed by atoms with van der Waals surface area (Å²) in [6.45, 7) is 4.73. The number of morpholine rings is 1. The molecule has 0 N–H and O–H groups in total. The molecule has 0 spiro atoms. The van der Waals surface area contributed by atoms with Crippen LogP contribution in [-0.2, 0) is 9.53 Å². The molecule has 1 saturated heterocycles. The summed E-state index contributed by atoms with van der Waals surface area (Å²) in [6, 6.07) is 5.79. The Labute approximate surface area is 128 Å². The molecule has 122 valence electrons. The molecule has 2 unspecified atom stereocenters. The minimum Gasteiger partial charge on any atom is -0.367 e. The van der Waals surface area contributed by atoms with Gasteiger partial charge in [0.15, 0.2) is 0 Å².